The van der Waals surface area contributed by atoms with Crippen molar-refractivity contribution in [1.82, 2.24) is 4.90 Å². The molecule has 1 saturated heterocycles. The molecular formula is C12H14BrNO3. The zero-order valence-corrected chi connectivity index (χ0v) is 11.1. The monoisotopic (exact) mass is 299 g/mol. The maximum absolute atomic E-state index is 12.1. The van der Waals surface area contributed by atoms with Crippen LogP contribution in [0.25, 0.3) is 0 Å². The quantitative estimate of drug-likeness (QED) is 0.850. The van der Waals surface area contributed by atoms with Gasteiger partial charge in [0.15, 0.2) is 0 Å². The molecule has 1 aliphatic heterocycles. The third-order valence-electron chi connectivity index (χ3n) is 2.85. The molecule has 1 N–H and O–H groups in total. The van der Waals surface area contributed by atoms with Gasteiger partial charge in [-0.15, -0.1) is 0 Å². The van der Waals surface area contributed by atoms with Crippen LogP contribution in [0.4, 0.5) is 0 Å². The molecule has 1 amide bonds. The van der Waals surface area contributed by atoms with Crippen LogP contribution in [0.3, 0.4) is 0 Å². The first kappa shape index (κ1) is 12.2. The number of hydrogen-bond donors (Lipinski definition) is 1. The van der Waals surface area contributed by atoms with Crippen molar-refractivity contribution in [3.8, 4) is 11.5 Å². The van der Waals surface area contributed by atoms with Crippen molar-refractivity contribution in [3.05, 3.63) is 23.8 Å². The third kappa shape index (κ3) is 2.54. The fourth-order valence-electron chi connectivity index (χ4n) is 1.89. The number of aromatic hydroxyl groups is 1. The van der Waals surface area contributed by atoms with Gasteiger partial charge in [-0.3, -0.25) is 4.79 Å². The molecule has 17 heavy (non-hydrogen) atoms. The fourth-order valence-corrected chi connectivity index (χ4v) is 2.45. The van der Waals surface area contributed by atoms with Crippen molar-refractivity contribution in [3.63, 3.8) is 0 Å². The van der Waals surface area contributed by atoms with Crippen molar-refractivity contribution in [2.75, 3.05) is 20.2 Å². The zero-order chi connectivity index (χ0) is 12.4. The van der Waals surface area contributed by atoms with E-state index in [9.17, 15) is 9.90 Å². The van der Waals surface area contributed by atoms with Gasteiger partial charge in [-0.05, 0) is 18.6 Å². The predicted molar refractivity (Wildman–Crippen MR) is 67.9 cm³/mol. The number of rotatable bonds is 2. The number of benzene rings is 1. The summed E-state index contributed by atoms with van der Waals surface area (Å²) in [6.07, 6.45) is 0.947. The Balaban J connectivity index is 2.19. The second kappa shape index (κ2) is 4.96. The summed E-state index contributed by atoms with van der Waals surface area (Å²) in [6.45, 7) is 1.41. The number of carbonyl (C=O) groups is 1. The smallest absolute Gasteiger partial charge is 0.257 e. The van der Waals surface area contributed by atoms with E-state index in [4.69, 9.17) is 4.74 Å². The summed E-state index contributed by atoms with van der Waals surface area (Å²) in [5, 5.41) is 9.78. The minimum atomic E-state index is -0.132. The zero-order valence-electron chi connectivity index (χ0n) is 9.52. The Morgan fingerprint density at radius 2 is 2.35 bits per heavy atom. The SMILES string of the molecule is COc1ccc(C(=O)N2CCC(Br)C2)c(O)c1. The molecule has 2 rings (SSSR count). The second-order valence-corrected chi connectivity index (χ2v) is 5.32. The lowest BCUT2D eigenvalue weighted by Gasteiger charge is -2.16. The number of phenols is 1. The van der Waals surface area contributed by atoms with E-state index in [1.807, 2.05) is 0 Å². The lowest BCUT2D eigenvalue weighted by atomic mass is 10.1. The summed E-state index contributed by atoms with van der Waals surface area (Å²) in [5.74, 6) is 0.373. The maximum Gasteiger partial charge on any atom is 0.257 e. The van der Waals surface area contributed by atoms with Crippen LogP contribution < -0.4 is 4.74 Å². The van der Waals surface area contributed by atoms with E-state index >= 15 is 0 Å². The normalized spacial score (nSPS) is 19.4. The van der Waals surface area contributed by atoms with Crippen molar-refractivity contribution >= 4 is 21.8 Å². The van der Waals surface area contributed by atoms with Crippen LogP contribution in [-0.2, 0) is 0 Å². The minimum Gasteiger partial charge on any atom is -0.507 e. The van der Waals surface area contributed by atoms with Crippen LogP contribution in [-0.4, -0.2) is 40.9 Å². The number of carbonyl (C=O) groups excluding carboxylic acids is 1. The molecular weight excluding hydrogens is 286 g/mol. The molecule has 1 fully saturated rings. The molecule has 0 bridgehead atoms. The van der Waals surface area contributed by atoms with Crippen LogP contribution in [0.2, 0.25) is 0 Å². The molecule has 1 atom stereocenters. The number of likely N-dealkylation sites (tertiary alicyclic amines) is 1. The van der Waals surface area contributed by atoms with E-state index in [0.717, 1.165) is 13.0 Å². The predicted octanol–water partition coefficient (Wildman–Crippen LogP) is 2.01. The molecule has 0 spiro atoms. The summed E-state index contributed by atoms with van der Waals surface area (Å²) < 4.78 is 4.98. The van der Waals surface area contributed by atoms with E-state index in [-0.39, 0.29) is 11.7 Å². The lowest BCUT2D eigenvalue weighted by molar-refractivity contribution is 0.0790. The van der Waals surface area contributed by atoms with E-state index in [1.165, 1.54) is 13.2 Å². The van der Waals surface area contributed by atoms with Gasteiger partial charge in [-0.25, -0.2) is 0 Å². The Hall–Kier alpha value is -1.23. The Morgan fingerprint density at radius 3 is 2.88 bits per heavy atom. The highest BCUT2D eigenvalue weighted by atomic mass is 79.9. The van der Waals surface area contributed by atoms with Gasteiger partial charge in [0, 0.05) is 24.0 Å². The highest BCUT2D eigenvalue weighted by molar-refractivity contribution is 9.09. The summed E-state index contributed by atoms with van der Waals surface area (Å²) >= 11 is 3.48. The van der Waals surface area contributed by atoms with E-state index in [2.05, 4.69) is 15.9 Å². The fraction of sp³-hybridized carbons (Fsp3) is 0.417. The van der Waals surface area contributed by atoms with Crippen molar-refractivity contribution < 1.29 is 14.6 Å². The Kier molecular flexibility index (Phi) is 3.57. The highest BCUT2D eigenvalue weighted by Crippen LogP contribution is 2.26. The van der Waals surface area contributed by atoms with E-state index < -0.39 is 0 Å². The van der Waals surface area contributed by atoms with Gasteiger partial charge in [0.05, 0.1) is 12.7 Å². The van der Waals surface area contributed by atoms with Gasteiger partial charge in [-0.1, -0.05) is 15.9 Å². The van der Waals surface area contributed by atoms with Crippen molar-refractivity contribution in [2.24, 2.45) is 0 Å². The largest absolute Gasteiger partial charge is 0.507 e. The standard InChI is InChI=1S/C12H14BrNO3/c1-17-9-2-3-10(11(15)6-9)12(16)14-5-4-8(13)7-14/h2-3,6,8,15H,4-5,7H2,1H3. The maximum atomic E-state index is 12.1. The molecule has 5 heteroatoms. The number of ether oxygens (including phenoxy) is 1. The molecule has 1 aliphatic rings. The van der Waals surface area contributed by atoms with Crippen molar-refractivity contribution in [2.45, 2.75) is 11.2 Å². The molecule has 0 saturated carbocycles. The molecule has 1 unspecified atom stereocenters. The molecule has 0 aromatic heterocycles. The number of methoxy groups -OCH3 is 1. The van der Waals surface area contributed by atoms with Gasteiger partial charge in [0.1, 0.15) is 11.5 Å². The second-order valence-electron chi connectivity index (χ2n) is 4.02. The summed E-state index contributed by atoms with van der Waals surface area (Å²) in [6, 6.07) is 4.72. The van der Waals surface area contributed by atoms with Crippen LogP contribution in [0, 0.1) is 0 Å². The van der Waals surface area contributed by atoms with E-state index in [1.54, 1.807) is 17.0 Å². The average molecular weight is 300 g/mol. The van der Waals surface area contributed by atoms with Gasteiger partial charge in [-0.2, -0.15) is 0 Å². The van der Waals surface area contributed by atoms with Crippen molar-refractivity contribution in [1.29, 1.82) is 0 Å². The van der Waals surface area contributed by atoms with Gasteiger partial charge >= 0.3 is 0 Å². The third-order valence-corrected chi connectivity index (χ3v) is 3.60. The highest BCUT2D eigenvalue weighted by Gasteiger charge is 2.26. The Morgan fingerprint density at radius 1 is 1.59 bits per heavy atom. The van der Waals surface area contributed by atoms with Crippen LogP contribution >= 0.6 is 15.9 Å². The molecule has 1 aromatic rings. The molecule has 0 aliphatic carbocycles. The molecule has 4 nitrogen and oxygen atoms in total. The van der Waals surface area contributed by atoms with Crippen LogP contribution in [0.1, 0.15) is 16.8 Å². The molecule has 92 valence electrons. The molecule has 1 heterocycles. The lowest BCUT2D eigenvalue weighted by Crippen LogP contribution is -2.28. The number of halogens is 1. The summed E-state index contributed by atoms with van der Waals surface area (Å²) in [4.78, 5) is 14.2. The van der Waals surface area contributed by atoms with Gasteiger partial charge in [0.25, 0.3) is 5.91 Å². The topological polar surface area (TPSA) is 49.8 Å². The number of alkyl halides is 1. The first-order valence-corrected chi connectivity index (χ1v) is 6.33. The number of amides is 1. The first-order chi connectivity index (χ1) is 8.11. The van der Waals surface area contributed by atoms with Gasteiger partial charge in [0.2, 0.25) is 0 Å². The van der Waals surface area contributed by atoms with Crippen LogP contribution in [0.15, 0.2) is 18.2 Å². The minimum absolute atomic E-state index is 0.0348. The Bertz CT molecular complexity index is 436. The summed E-state index contributed by atoms with van der Waals surface area (Å²) in [7, 11) is 1.52. The molecule has 1 aromatic carbocycles. The molecule has 0 radical (unpaired) electrons. The number of hydrogen-bond acceptors (Lipinski definition) is 3. The first-order valence-electron chi connectivity index (χ1n) is 5.42. The Labute approximate surface area is 108 Å². The number of nitrogens with zero attached hydrogens (tertiary/aromatic N) is 1. The van der Waals surface area contributed by atoms with Gasteiger partial charge < -0.3 is 14.7 Å². The van der Waals surface area contributed by atoms with E-state index in [0.29, 0.717) is 22.7 Å². The number of phenolic OH excluding ortho intramolecular Hbond substituents is 1. The summed E-state index contributed by atoms with van der Waals surface area (Å²) in [5.41, 5.74) is 0.326. The average Bonchev–Trinajstić information content (AvgIpc) is 2.75. The van der Waals surface area contributed by atoms with Crippen LogP contribution in [0.5, 0.6) is 11.5 Å².